The number of thiocarbonyl (C=S) groups is 1. The fourth-order valence-corrected chi connectivity index (χ4v) is 3.84. The highest BCUT2D eigenvalue weighted by atomic mass is 79.9. The highest BCUT2D eigenvalue weighted by molar-refractivity contribution is 9.10. The van der Waals surface area contributed by atoms with Crippen LogP contribution in [0, 0.1) is 18.2 Å². The number of hydrogen-bond donors (Lipinski definition) is 1. The second kappa shape index (κ2) is 16.9. The molecule has 0 amide bonds. The zero-order chi connectivity index (χ0) is 29.7. The molecule has 1 fully saturated rings. The maximum Gasteiger partial charge on any atom is 0.412 e. The van der Waals surface area contributed by atoms with Crippen molar-refractivity contribution in [2.45, 2.75) is 79.3 Å². The lowest BCUT2D eigenvalue weighted by Crippen LogP contribution is -2.32. The van der Waals surface area contributed by atoms with E-state index in [1.807, 2.05) is 13.8 Å². The van der Waals surface area contributed by atoms with Crippen molar-refractivity contribution < 1.29 is 31.9 Å². The quantitative estimate of drug-likeness (QED) is 0.145. The van der Waals surface area contributed by atoms with E-state index >= 15 is 0 Å². The Kier molecular flexibility index (Phi) is 16.1. The number of hydrogen-bond acceptors (Lipinski definition) is 5. The fraction of sp³-hybridized carbons (Fsp3) is 0.536. The van der Waals surface area contributed by atoms with Crippen LogP contribution < -0.4 is 5.73 Å². The van der Waals surface area contributed by atoms with Gasteiger partial charge < -0.3 is 10.5 Å². The highest BCUT2D eigenvalue weighted by Crippen LogP contribution is 2.36. The Bertz CT molecular complexity index is 1020. The van der Waals surface area contributed by atoms with Crippen molar-refractivity contribution >= 4 is 44.8 Å². The van der Waals surface area contributed by atoms with E-state index in [1.54, 1.807) is 13.0 Å². The first-order valence-electron chi connectivity index (χ1n) is 12.2. The monoisotopic (exact) mass is 623 g/mol. The molecule has 1 aromatic rings. The molecule has 4 nitrogen and oxygen atoms in total. The Hall–Kier alpha value is -1.91. The van der Waals surface area contributed by atoms with E-state index in [4.69, 9.17) is 22.7 Å². The van der Waals surface area contributed by atoms with E-state index in [1.165, 1.54) is 19.4 Å². The minimum atomic E-state index is -4.21. The van der Waals surface area contributed by atoms with E-state index < -0.39 is 11.7 Å². The second-order valence-electron chi connectivity index (χ2n) is 9.68. The third-order valence-electron chi connectivity index (χ3n) is 5.71. The number of ketones is 1. The number of rotatable bonds is 7. The predicted octanol–water partition coefficient (Wildman–Crippen LogP) is 7.93. The van der Waals surface area contributed by atoms with Crippen molar-refractivity contribution in [2.24, 2.45) is 11.1 Å². The molecule has 10 heteroatoms. The van der Waals surface area contributed by atoms with E-state index in [-0.39, 0.29) is 36.0 Å². The van der Waals surface area contributed by atoms with Gasteiger partial charge in [0.25, 0.3) is 0 Å². The Balaban J connectivity index is 0.000000551. The number of halogens is 5. The Morgan fingerprint density at radius 2 is 1.74 bits per heavy atom. The first-order chi connectivity index (χ1) is 17.4. The number of carbonyl (C=O) groups is 2. The fourth-order valence-electron chi connectivity index (χ4n) is 3.47. The molecule has 1 aliphatic rings. The molecule has 0 saturated heterocycles. The molecule has 214 valence electrons. The average Bonchev–Trinajstić information content (AvgIpc) is 2.81. The van der Waals surface area contributed by atoms with Crippen molar-refractivity contribution in [3.63, 3.8) is 0 Å². The van der Waals surface area contributed by atoms with Gasteiger partial charge in [-0.05, 0) is 64.7 Å². The van der Waals surface area contributed by atoms with Gasteiger partial charge in [-0.25, -0.2) is 4.39 Å². The Morgan fingerprint density at radius 3 is 2.16 bits per heavy atom. The molecule has 0 atom stereocenters. The van der Waals surface area contributed by atoms with Crippen LogP contribution >= 0.6 is 28.1 Å². The molecule has 0 unspecified atom stereocenters. The third kappa shape index (κ3) is 14.3. The molecule has 0 bridgehead atoms. The Labute approximate surface area is 237 Å². The number of Topliss-reactive ketones (excluding diaryl/α,β-unsaturated/α-hetero) is 1. The standard InChI is InChI=1S/C11H18O2S.C10H11BrFNO.C7H9F3/c1-9(14)8-13-10(12)11(2)6-4-3-5-7-11;1-6-2-7(3-8(14)5-13)10(12)4-9(6)11;1-5(2)4-6(3)7(8,9)10/h3-8H2,1-2H3;2,4H,3,5,13H2,1H3;4H,1H2,2-3H3/b;;6-4+. The molecule has 0 heterocycles. The summed E-state index contributed by atoms with van der Waals surface area (Å²) in [6.07, 6.45) is 2.32. The van der Waals surface area contributed by atoms with Crippen LogP contribution in [0.3, 0.4) is 0 Å². The molecule has 0 radical (unpaired) electrons. The van der Waals surface area contributed by atoms with Gasteiger partial charge in [-0.15, -0.1) is 0 Å². The predicted molar refractivity (Wildman–Crippen MR) is 152 cm³/mol. The van der Waals surface area contributed by atoms with Crippen LogP contribution in [-0.2, 0) is 20.7 Å². The number of aryl methyl sites for hydroxylation is 1. The van der Waals surface area contributed by atoms with Crippen LogP contribution in [0.15, 0.2) is 40.4 Å². The van der Waals surface area contributed by atoms with Crippen molar-refractivity contribution in [1.82, 2.24) is 0 Å². The number of carbonyl (C=O) groups excluding carboxylic acids is 2. The van der Waals surface area contributed by atoms with Crippen molar-refractivity contribution in [2.75, 3.05) is 13.2 Å². The summed E-state index contributed by atoms with van der Waals surface area (Å²) in [5.41, 5.74) is 6.02. The lowest BCUT2D eigenvalue weighted by molar-refractivity contribution is -0.155. The third-order valence-corrected chi connectivity index (χ3v) is 6.68. The molecule has 2 N–H and O–H groups in total. The molecule has 1 saturated carbocycles. The van der Waals surface area contributed by atoms with E-state index in [2.05, 4.69) is 22.5 Å². The molecule has 1 aromatic carbocycles. The lowest BCUT2D eigenvalue weighted by Gasteiger charge is -2.30. The topological polar surface area (TPSA) is 69.4 Å². The van der Waals surface area contributed by atoms with Gasteiger partial charge in [-0.3, -0.25) is 9.59 Å². The maximum absolute atomic E-state index is 13.3. The number of allylic oxidation sites excluding steroid dienone is 3. The summed E-state index contributed by atoms with van der Waals surface area (Å²) in [5, 5.41) is 0. The first-order valence-corrected chi connectivity index (χ1v) is 13.4. The first kappa shape index (κ1) is 36.1. The van der Waals surface area contributed by atoms with Gasteiger partial charge in [0.2, 0.25) is 0 Å². The largest absolute Gasteiger partial charge is 0.460 e. The maximum atomic E-state index is 13.3. The van der Waals surface area contributed by atoms with Gasteiger partial charge >= 0.3 is 12.1 Å². The van der Waals surface area contributed by atoms with E-state index in [9.17, 15) is 27.2 Å². The van der Waals surface area contributed by atoms with Crippen LogP contribution in [0.25, 0.3) is 0 Å². The summed E-state index contributed by atoms with van der Waals surface area (Å²) in [4.78, 5) is 23.5. The minimum Gasteiger partial charge on any atom is -0.460 e. The van der Waals surface area contributed by atoms with Crippen LogP contribution in [-0.4, -0.2) is 35.9 Å². The summed E-state index contributed by atoms with van der Waals surface area (Å²) < 4.78 is 54.3. The van der Waals surface area contributed by atoms with Gasteiger partial charge in [0.15, 0.2) is 5.78 Å². The van der Waals surface area contributed by atoms with E-state index in [0.29, 0.717) is 22.2 Å². The summed E-state index contributed by atoms with van der Waals surface area (Å²) in [6.45, 7) is 11.8. The molecular formula is C28H38BrF4NO3S. The van der Waals surface area contributed by atoms with Crippen LogP contribution in [0.1, 0.15) is 70.9 Å². The summed E-state index contributed by atoms with van der Waals surface area (Å²) >= 11 is 8.09. The molecule has 0 aliphatic heterocycles. The zero-order valence-electron chi connectivity index (χ0n) is 22.7. The van der Waals surface area contributed by atoms with Crippen LogP contribution in [0.5, 0.6) is 0 Å². The number of benzene rings is 1. The van der Waals surface area contributed by atoms with Gasteiger partial charge in [-0.2, -0.15) is 13.2 Å². The molecule has 38 heavy (non-hydrogen) atoms. The molecule has 0 spiro atoms. The summed E-state index contributed by atoms with van der Waals surface area (Å²) in [5.74, 6) is -0.601. The summed E-state index contributed by atoms with van der Waals surface area (Å²) in [6, 6.07) is 3.03. The molecule has 2 rings (SSSR count). The lowest BCUT2D eigenvalue weighted by atomic mass is 9.76. The van der Waals surface area contributed by atoms with Gasteiger partial charge in [-0.1, -0.05) is 71.7 Å². The molecular weight excluding hydrogens is 586 g/mol. The van der Waals surface area contributed by atoms with Crippen molar-refractivity contribution in [3.05, 3.63) is 57.4 Å². The van der Waals surface area contributed by atoms with Gasteiger partial charge in [0, 0.05) is 21.3 Å². The van der Waals surface area contributed by atoms with Crippen LogP contribution in [0.2, 0.25) is 0 Å². The highest BCUT2D eigenvalue weighted by Gasteiger charge is 2.36. The second-order valence-corrected chi connectivity index (χ2v) is 11.2. The number of alkyl halides is 3. The van der Waals surface area contributed by atoms with E-state index in [0.717, 1.165) is 49.1 Å². The average molecular weight is 625 g/mol. The zero-order valence-corrected chi connectivity index (χ0v) is 25.1. The van der Waals surface area contributed by atoms with Crippen molar-refractivity contribution in [3.8, 4) is 0 Å². The molecule has 1 aliphatic carbocycles. The van der Waals surface area contributed by atoms with Gasteiger partial charge in [0.05, 0.1) is 12.0 Å². The minimum absolute atomic E-state index is 0.0471. The SMILES string of the molecule is C=C(C)/C=C(\C)C(F)(F)F.CC(=S)COC(=O)C1(C)CCCCC1.Cc1cc(CC(=O)CN)c(F)cc1Br. The number of esters is 1. The molecule has 0 aromatic heterocycles. The van der Waals surface area contributed by atoms with Crippen LogP contribution in [0.4, 0.5) is 17.6 Å². The van der Waals surface area contributed by atoms with Gasteiger partial charge in [0.1, 0.15) is 12.4 Å². The number of nitrogens with two attached hydrogens (primary N) is 1. The van der Waals surface area contributed by atoms with Crippen molar-refractivity contribution in [1.29, 1.82) is 0 Å². The Morgan fingerprint density at radius 1 is 1.18 bits per heavy atom. The summed E-state index contributed by atoms with van der Waals surface area (Å²) in [7, 11) is 0. The smallest absolute Gasteiger partial charge is 0.412 e. The number of ether oxygens (including phenoxy) is 1. The normalized spacial score (nSPS) is 14.8.